The van der Waals surface area contributed by atoms with E-state index in [-0.39, 0.29) is 5.82 Å². The molecule has 0 spiro atoms. The molecule has 0 aliphatic heterocycles. The fourth-order valence-corrected chi connectivity index (χ4v) is 2.45. The van der Waals surface area contributed by atoms with E-state index in [1.165, 1.54) is 0 Å². The first-order valence-corrected chi connectivity index (χ1v) is 6.57. The number of furan rings is 1. The van der Waals surface area contributed by atoms with E-state index >= 15 is 0 Å². The lowest BCUT2D eigenvalue weighted by atomic mass is 10.0. The lowest BCUT2D eigenvalue weighted by Gasteiger charge is -2.11. The summed E-state index contributed by atoms with van der Waals surface area (Å²) in [5, 5.41) is 0.989. The van der Waals surface area contributed by atoms with Crippen molar-refractivity contribution < 1.29 is 8.81 Å². The highest BCUT2D eigenvalue weighted by Crippen LogP contribution is 2.30. The summed E-state index contributed by atoms with van der Waals surface area (Å²) in [5.41, 5.74) is 9.07. The third kappa shape index (κ3) is 2.00. The van der Waals surface area contributed by atoms with Gasteiger partial charge in [-0.25, -0.2) is 4.39 Å². The van der Waals surface area contributed by atoms with Crippen molar-refractivity contribution >= 4 is 11.0 Å². The Hall–Kier alpha value is -2.13. The third-order valence-electron chi connectivity index (χ3n) is 3.62. The highest BCUT2D eigenvalue weighted by molar-refractivity contribution is 5.81. The Morgan fingerprint density at radius 1 is 1.05 bits per heavy atom. The summed E-state index contributed by atoms with van der Waals surface area (Å²) >= 11 is 0. The van der Waals surface area contributed by atoms with Crippen molar-refractivity contribution in [3.05, 3.63) is 70.7 Å². The summed E-state index contributed by atoms with van der Waals surface area (Å²) in [7, 11) is 0. The molecule has 2 N–H and O–H groups in total. The normalized spacial score (nSPS) is 12.8. The maximum absolute atomic E-state index is 14.2. The first kappa shape index (κ1) is 12.9. The zero-order chi connectivity index (χ0) is 14.3. The van der Waals surface area contributed by atoms with Gasteiger partial charge in [-0.05, 0) is 31.0 Å². The van der Waals surface area contributed by atoms with Crippen LogP contribution in [0.15, 0.2) is 46.9 Å². The van der Waals surface area contributed by atoms with E-state index in [4.69, 9.17) is 10.2 Å². The molecule has 3 rings (SSSR count). The van der Waals surface area contributed by atoms with Gasteiger partial charge in [0.25, 0.3) is 0 Å². The molecule has 3 aromatic rings. The smallest absolute Gasteiger partial charge is 0.137 e. The van der Waals surface area contributed by atoms with Gasteiger partial charge in [-0.1, -0.05) is 36.4 Å². The second-order valence-electron chi connectivity index (χ2n) is 5.10. The number of nitrogens with two attached hydrogens (primary N) is 1. The van der Waals surface area contributed by atoms with E-state index in [0.717, 1.165) is 16.5 Å². The summed E-state index contributed by atoms with van der Waals surface area (Å²) in [6.45, 7) is 3.71. The summed E-state index contributed by atoms with van der Waals surface area (Å²) in [6.07, 6.45) is 0. The second kappa shape index (κ2) is 4.76. The molecule has 0 aliphatic carbocycles. The largest absolute Gasteiger partial charge is 0.459 e. The Morgan fingerprint density at radius 3 is 2.50 bits per heavy atom. The van der Waals surface area contributed by atoms with Crippen LogP contribution in [0.5, 0.6) is 0 Å². The highest BCUT2D eigenvalue weighted by atomic mass is 19.1. The molecule has 1 heterocycles. The average Bonchev–Trinajstić information content (AvgIpc) is 2.87. The molecule has 0 radical (unpaired) electrons. The van der Waals surface area contributed by atoms with Crippen LogP contribution in [0.25, 0.3) is 11.0 Å². The van der Waals surface area contributed by atoms with Crippen molar-refractivity contribution in [2.75, 3.05) is 0 Å². The topological polar surface area (TPSA) is 39.2 Å². The van der Waals surface area contributed by atoms with Gasteiger partial charge in [-0.3, -0.25) is 0 Å². The molecule has 3 heteroatoms. The lowest BCUT2D eigenvalue weighted by Crippen LogP contribution is -2.13. The van der Waals surface area contributed by atoms with Gasteiger partial charge in [0.1, 0.15) is 17.2 Å². The molecule has 2 aromatic carbocycles. The Balaban J connectivity index is 2.10. The van der Waals surface area contributed by atoms with Crippen molar-refractivity contribution in [3.8, 4) is 0 Å². The molecule has 0 saturated heterocycles. The monoisotopic (exact) mass is 269 g/mol. The van der Waals surface area contributed by atoms with Crippen molar-refractivity contribution in [1.82, 2.24) is 0 Å². The standard InChI is InChI=1S/C17H16FNO/c1-10-5-4-8-13(15(10)18)16(19)14-9-12-7-3-6-11(2)17(12)20-14/h3-9,16H,19H2,1-2H3. The number of benzene rings is 2. The second-order valence-corrected chi connectivity index (χ2v) is 5.10. The van der Waals surface area contributed by atoms with Crippen LogP contribution < -0.4 is 5.73 Å². The molecule has 2 nitrogen and oxygen atoms in total. The number of para-hydroxylation sites is 1. The van der Waals surface area contributed by atoms with Gasteiger partial charge in [0.05, 0.1) is 6.04 Å². The zero-order valence-corrected chi connectivity index (χ0v) is 11.5. The summed E-state index contributed by atoms with van der Waals surface area (Å²) in [5.74, 6) is 0.316. The van der Waals surface area contributed by atoms with Crippen LogP contribution >= 0.6 is 0 Å². The average molecular weight is 269 g/mol. The fourth-order valence-electron chi connectivity index (χ4n) is 2.45. The van der Waals surface area contributed by atoms with E-state index in [2.05, 4.69) is 0 Å². The highest BCUT2D eigenvalue weighted by Gasteiger charge is 2.19. The van der Waals surface area contributed by atoms with Crippen LogP contribution in [0.1, 0.15) is 28.5 Å². The third-order valence-corrected chi connectivity index (χ3v) is 3.62. The molecule has 102 valence electrons. The maximum Gasteiger partial charge on any atom is 0.137 e. The Morgan fingerprint density at radius 2 is 1.75 bits per heavy atom. The van der Waals surface area contributed by atoms with E-state index in [1.54, 1.807) is 19.1 Å². The predicted molar refractivity (Wildman–Crippen MR) is 78.1 cm³/mol. The first-order valence-electron chi connectivity index (χ1n) is 6.57. The fraction of sp³-hybridized carbons (Fsp3) is 0.176. The number of rotatable bonds is 2. The minimum absolute atomic E-state index is 0.267. The summed E-state index contributed by atoms with van der Waals surface area (Å²) in [4.78, 5) is 0. The first-order chi connectivity index (χ1) is 9.58. The molecule has 1 unspecified atom stereocenters. The van der Waals surface area contributed by atoms with Crippen molar-refractivity contribution in [2.45, 2.75) is 19.9 Å². The number of fused-ring (bicyclic) bond motifs is 1. The van der Waals surface area contributed by atoms with Crippen LogP contribution in [-0.4, -0.2) is 0 Å². The van der Waals surface area contributed by atoms with Gasteiger partial charge >= 0.3 is 0 Å². The van der Waals surface area contributed by atoms with Crippen molar-refractivity contribution in [2.24, 2.45) is 5.73 Å². The van der Waals surface area contributed by atoms with Crippen LogP contribution in [0.3, 0.4) is 0 Å². The molecule has 0 fully saturated rings. The summed E-state index contributed by atoms with van der Waals surface area (Å²) < 4.78 is 20.0. The molecular formula is C17H16FNO. The zero-order valence-electron chi connectivity index (χ0n) is 11.5. The van der Waals surface area contributed by atoms with E-state index in [0.29, 0.717) is 16.9 Å². The molecule has 0 bridgehead atoms. The molecule has 0 amide bonds. The van der Waals surface area contributed by atoms with Crippen LogP contribution in [0.2, 0.25) is 0 Å². The minimum Gasteiger partial charge on any atom is -0.459 e. The van der Waals surface area contributed by atoms with Gasteiger partial charge < -0.3 is 10.2 Å². The SMILES string of the molecule is Cc1cccc(C(N)c2cc3cccc(C)c3o2)c1F. The molecular weight excluding hydrogens is 253 g/mol. The van der Waals surface area contributed by atoms with Crippen molar-refractivity contribution in [1.29, 1.82) is 0 Å². The number of hydrogen-bond donors (Lipinski definition) is 1. The van der Waals surface area contributed by atoms with E-state index in [9.17, 15) is 4.39 Å². The Bertz CT molecular complexity index is 776. The Kier molecular flexibility index (Phi) is 3.07. The molecule has 0 saturated carbocycles. The van der Waals surface area contributed by atoms with Gasteiger partial charge in [0.15, 0.2) is 0 Å². The predicted octanol–water partition coefficient (Wildman–Crippen LogP) is 4.24. The Labute approximate surface area is 117 Å². The maximum atomic E-state index is 14.2. The lowest BCUT2D eigenvalue weighted by molar-refractivity contribution is 0.507. The van der Waals surface area contributed by atoms with Gasteiger partial charge in [-0.15, -0.1) is 0 Å². The quantitative estimate of drug-likeness (QED) is 0.756. The summed E-state index contributed by atoms with van der Waals surface area (Å²) in [6, 6.07) is 12.4. The van der Waals surface area contributed by atoms with Gasteiger partial charge in [-0.2, -0.15) is 0 Å². The van der Waals surface area contributed by atoms with Crippen molar-refractivity contribution in [3.63, 3.8) is 0 Å². The van der Waals surface area contributed by atoms with Crippen LogP contribution in [0.4, 0.5) is 4.39 Å². The van der Waals surface area contributed by atoms with Gasteiger partial charge in [0, 0.05) is 10.9 Å². The molecule has 1 aromatic heterocycles. The van der Waals surface area contributed by atoms with Crippen LogP contribution in [0, 0.1) is 19.7 Å². The van der Waals surface area contributed by atoms with Crippen LogP contribution in [-0.2, 0) is 0 Å². The number of aryl methyl sites for hydroxylation is 2. The van der Waals surface area contributed by atoms with Gasteiger partial charge in [0.2, 0.25) is 0 Å². The molecule has 0 aliphatic rings. The number of halogens is 1. The minimum atomic E-state index is -0.596. The molecule has 1 atom stereocenters. The van der Waals surface area contributed by atoms with E-state index < -0.39 is 6.04 Å². The van der Waals surface area contributed by atoms with E-state index in [1.807, 2.05) is 37.3 Å². The molecule has 20 heavy (non-hydrogen) atoms. The number of hydrogen-bond acceptors (Lipinski definition) is 2.